The zero-order valence-corrected chi connectivity index (χ0v) is 15.7. The van der Waals surface area contributed by atoms with Gasteiger partial charge >= 0.3 is 0 Å². The van der Waals surface area contributed by atoms with Gasteiger partial charge in [-0.2, -0.15) is 0 Å². The first kappa shape index (κ1) is 20.1. The number of hydrogen-bond donors (Lipinski definition) is 0. The molecule has 0 saturated carbocycles. The minimum Gasteiger partial charge on any atom is -0.258 e. The van der Waals surface area contributed by atoms with E-state index in [-0.39, 0.29) is 11.4 Å². The molecular weight excluding hydrogens is 364 g/mol. The molecule has 0 spiro atoms. The smallest absolute Gasteiger partial charge is 0.258 e. The summed E-state index contributed by atoms with van der Waals surface area (Å²) < 4.78 is 0. The number of nitro benzene ring substituents is 2. The van der Waals surface area contributed by atoms with E-state index in [1.807, 2.05) is 68.4 Å². The summed E-state index contributed by atoms with van der Waals surface area (Å²) in [5.41, 5.74) is 1.56. The Morgan fingerprint density at radius 1 is 0.741 bits per heavy atom. The van der Waals surface area contributed by atoms with Crippen molar-refractivity contribution in [3.05, 3.63) is 93.0 Å². The van der Waals surface area contributed by atoms with E-state index in [9.17, 15) is 20.2 Å². The first-order valence-corrected chi connectivity index (χ1v) is 9.12. The molecular formula is C20H18N2O4S. The van der Waals surface area contributed by atoms with Gasteiger partial charge in [0.05, 0.1) is 20.8 Å². The van der Waals surface area contributed by atoms with Gasteiger partial charge in [0.25, 0.3) is 11.4 Å². The maximum atomic E-state index is 11.2. The Bertz CT molecular complexity index is 928. The van der Waals surface area contributed by atoms with Crippen LogP contribution in [-0.2, 0) is 0 Å². The lowest BCUT2D eigenvalue weighted by atomic mass is 10.1. The second kappa shape index (κ2) is 9.49. The first-order chi connectivity index (χ1) is 13.0. The van der Waals surface area contributed by atoms with E-state index < -0.39 is 9.85 Å². The van der Waals surface area contributed by atoms with Crippen LogP contribution in [0, 0.1) is 20.2 Å². The van der Waals surface area contributed by atoms with Gasteiger partial charge in [0, 0.05) is 11.0 Å². The van der Waals surface area contributed by atoms with Crippen molar-refractivity contribution in [2.24, 2.45) is 0 Å². The van der Waals surface area contributed by atoms with Crippen LogP contribution in [0.15, 0.2) is 82.6 Å². The second-order valence-electron chi connectivity index (χ2n) is 5.16. The molecule has 0 radical (unpaired) electrons. The maximum absolute atomic E-state index is 11.2. The highest BCUT2D eigenvalue weighted by molar-refractivity contribution is 7.99. The van der Waals surface area contributed by atoms with Crippen LogP contribution >= 0.6 is 11.8 Å². The molecule has 0 atom stereocenters. The monoisotopic (exact) mass is 382 g/mol. The van der Waals surface area contributed by atoms with Crippen LogP contribution in [-0.4, -0.2) is 9.85 Å². The Hall–Kier alpha value is -3.19. The van der Waals surface area contributed by atoms with E-state index in [1.54, 1.807) is 0 Å². The van der Waals surface area contributed by atoms with E-state index in [2.05, 4.69) is 0 Å². The molecule has 7 heteroatoms. The lowest BCUT2D eigenvalue weighted by Crippen LogP contribution is -1.94. The molecule has 0 saturated heterocycles. The molecule has 0 amide bonds. The number of nitro groups is 2. The Morgan fingerprint density at radius 2 is 1.33 bits per heavy atom. The Balaban J connectivity index is 0.00000126. The van der Waals surface area contributed by atoms with Gasteiger partial charge in [-0.1, -0.05) is 68.1 Å². The van der Waals surface area contributed by atoms with Gasteiger partial charge in [0.1, 0.15) is 0 Å². The largest absolute Gasteiger partial charge is 0.290 e. The Morgan fingerprint density at radius 3 is 1.89 bits per heavy atom. The number of benzene rings is 3. The normalized spacial score (nSPS) is 9.85. The molecule has 6 nitrogen and oxygen atoms in total. The quantitative estimate of drug-likeness (QED) is 0.379. The fraction of sp³-hybridized carbons (Fsp3) is 0.100. The molecule has 3 aromatic carbocycles. The number of nitrogens with zero attached hydrogens (tertiary/aromatic N) is 2. The van der Waals surface area contributed by atoms with Gasteiger partial charge in [-0.3, -0.25) is 20.2 Å². The zero-order chi connectivity index (χ0) is 19.8. The van der Waals surface area contributed by atoms with Gasteiger partial charge in [-0.25, -0.2) is 0 Å². The molecule has 0 aliphatic carbocycles. The van der Waals surface area contributed by atoms with Crippen molar-refractivity contribution in [1.29, 1.82) is 0 Å². The maximum Gasteiger partial charge on any atom is 0.290 e. The van der Waals surface area contributed by atoms with Gasteiger partial charge < -0.3 is 0 Å². The summed E-state index contributed by atoms with van der Waals surface area (Å²) in [6.07, 6.45) is 0. The Labute approximate surface area is 161 Å². The minimum atomic E-state index is -0.643. The average molecular weight is 382 g/mol. The SMILES string of the molecule is CC.O=[N+]([O-])c1ccc(Sc2ccc(-c3ccccc3)cc2)c([N+](=O)[O-])c1. The van der Waals surface area contributed by atoms with Crippen molar-refractivity contribution in [1.82, 2.24) is 0 Å². The highest BCUT2D eigenvalue weighted by atomic mass is 32.2. The molecule has 0 N–H and O–H groups in total. The van der Waals surface area contributed by atoms with Crippen molar-refractivity contribution in [3.63, 3.8) is 0 Å². The van der Waals surface area contributed by atoms with E-state index in [1.165, 1.54) is 23.9 Å². The predicted octanol–water partition coefficient (Wildman–Crippen LogP) is 6.35. The van der Waals surface area contributed by atoms with Gasteiger partial charge in [0.15, 0.2) is 0 Å². The molecule has 0 aromatic heterocycles. The Kier molecular flexibility index (Phi) is 7.08. The third-order valence-electron chi connectivity index (χ3n) is 3.54. The molecule has 0 aliphatic heterocycles. The summed E-state index contributed by atoms with van der Waals surface area (Å²) in [6, 6.07) is 21.2. The minimum absolute atomic E-state index is 0.272. The third-order valence-corrected chi connectivity index (χ3v) is 4.61. The predicted molar refractivity (Wildman–Crippen MR) is 107 cm³/mol. The topological polar surface area (TPSA) is 86.3 Å². The summed E-state index contributed by atoms with van der Waals surface area (Å²) in [7, 11) is 0. The fourth-order valence-corrected chi connectivity index (χ4v) is 3.22. The summed E-state index contributed by atoms with van der Waals surface area (Å²) in [5, 5.41) is 22.0. The number of rotatable bonds is 5. The van der Waals surface area contributed by atoms with Crippen LogP contribution in [0.5, 0.6) is 0 Å². The highest BCUT2D eigenvalue weighted by Crippen LogP contribution is 2.37. The van der Waals surface area contributed by atoms with E-state index in [0.29, 0.717) is 4.90 Å². The van der Waals surface area contributed by atoms with Crippen molar-refractivity contribution in [3.8, 4) is 11.1 Å². The van der Waals surface area contributed by atoms with E-state index >= 15 is 0 Å². The summed E-state index contributed by atoms with van der Waals surface area (Å²) in [5.74, 6) is 0. The second-order valence-corrected chi connectivity index (χ2v) is 6.27. The highest BCUT2D eigenvalue weighted by Gasteiger charge is 2.20. The van der Waals surface area contributed by atoms with Crippen LogP contribution < -0.4 is 0 Å². The molecule has 0 aliphatic rings. The lowest BCUT2D eigenvalue weighted by Gasteiger charge is -2.05. The standard InChI is InChI=1S/C18H12N2O4S.C2H6/c21-19(22)15-8-11-18(17(12-15)20(23)24)25-16-9-6-14(7-10-16)13-4-2-1-3-5-13;1-2/h1-12H;1-2H3. The third kappa shape index (κ3) is 5.15. The lowest BCUT2D eigenvalue weighted by molar-refractivity contribution is -0.396. The van der Waals surface area contributed by atoms with E-state index in [4.69, 9.17) is 0 Å². The molecule has 3 aromatic rings. The van der Waals surface area contributed by atoms with Crippen molar-refractivity contribution in [2.75, 3.05) is 0 Å². The average Bonchev–Trinajstić information content (AvgIpc) is 2.70. The zero-order valence-electron chi connectivity index (χ0n) is 14.9. The van der Waals surface area contributed by atoms with Crippen molar-refractivity contribution in [2.45, 2.75) is 23.6 Å². The molecule has 27 heavy (non-hydrogen) atoms. The molecule has 138 valence electrons. The molecule has 0 bridgehead atoms. The summed E-state index contributed by atoms with van der Waals surface area (Å²) >= 11 is 1.20. The van der Waals surface area contributed by atoms with E-state index in [0.717, 1.165) is 22.1 Å². The van der Waals surface area contributed by atoms with Crippen LogP contribution in [0.2, 0.25) is 0 Å². The van der Waals surface area contributed by atoms with Gasteiger partial charge in [-0.15, -0.1) is 0 Å². The molecule has 0 heterocycles. The fourth-order valence-electron chi connectivity index (χ4n) is 2.32. The van der Waals surface area contributed by atoms with Gasteiger partial charge in [0.2, 0.25) is 0 Å². The number of hydrogen-bond acceptors (Lipinski definition) is 5. The van der Waals surface area contributed by atoms with Crippen LogP contribution in [0.3, 0.4) is 0 Å². The van der Waals surface area contributed by atoms with Crippen LogP contribution in [0.4, 0.5) is 11.4 Å². The molecule has 3 rings (SSSR count). The van der Waals surface area contributed by atoms with Crippen molar-refractivity contribution < 1.29 is 9.85 Å². The first-order valence-electron chi connectivity index (χ1n) is 8.31. The summed E-state index contributed by atoms with van der Waals surface area (Å²) in [6.45, 7) is 4.00. The van der Waals surface area contributed by atoms with Crippen LogP contribution in [0.1, 0.15) is 13.8 Å². The number of non-ortho nitro benzene ring substituents is 1. The summed E-state index contributed by atoms with van der Waals surface area (Å²) in [4.78, 5) is 21.9. The molecule has 0 unspecified atom stereocenters. The van der Waals surface area contributed by atoms with Crippen molar-refractivity contribution >= 4 is 23.1 Å². The van der Waals surface area contributed by atoms with Gasteiger partial charge in [-0.05, 0) is 29.3 Å². The van der Waals surface area contributed by atoms with Crippen LogP contribution in [0.25, 0.3) is 11.1 Å². The molecule has 0 fully saturated rings.